The van der Waals surface area contributed by atoms with E-state index in [1.807, 2.05) is 0 Å². The molecular formula is C73H98N4O27. The standard InChI is InChI=1S/C73H98N4O27/c1-43-33-54-67(83)76(52-38-60(58(89-10)36-49(52)65(81)74(54)40-43)97-21-14-13-15-22-98-61-39-53-50(37-59(61)90-11)66(82)75-41-44(2)34-55(75)68(84)77(53)72(87)104-73(6,7)8)71(86)99-42-48-18-19-57(102-70-45(3)62(100-46(4)78)63(101-47(5)79)64(103-70)69(85)91-12)51(35-48)56(80)17-16-20-92-25-26-94-29-30-96-32-31-95-28-27-93-24-23-88-9/h18-19,35-39,45,54-55,62-64,67-68,70,83-84H,1-2,13-17,20-34,40-42H2,3-12H3/t45-,54+,55+,62-,63+,64+,67?,68?,70-/m1/s1. The van der Waals surface area contributed by atoms with Crippen molar-refractivity contribution in [2.45, 2.75) is 148 Å². The number of ether oxygens (including phenoxy) is 17. The lowest BCUT2D eigenvalue weighted by molar-refractivity contribution is -0.261. The SMILES string of the molecule is C=C1C[C@H]2C(O)N(C(=O)OCc3ccc(O[C@@H]4O[C@H](C(=O)OC)[C@@H](OC(C)=O)[C@H](OC(C)=O)[C@H]4C)c(C(=O)CCCOCCOCCOCCOCCOCCOC)c3)c3cc(OCCCCCOc4cc5c(cc4OC)C(=O)N4CC(=C)C[C@H]4C(O)N5C(=O)OC(C)(C)C)c(OC)cc3C(=O)N2C1. The molecule has 104 heavy (non-hydrogen) atoms. The van der Waals surface area contributed by atoms with Gasteiger partial charge in [-0.25, -0.2) is 24.2 Å². The third-order valence-electron chi connectivity index (χ3n) is 17.4. The van der Waals surface area contributed by atoms with Crippen LogP contribution in [0.4, 0.5) is 21.0 Å². The fourth-order valence-corrected chi connectivity index (χ4v) is 12.4. The minimum absolute atomic E-state index is 0.0129. The molecule has 4 amide bonds. The molecule has 0 saturated carbocycles. The second-order valence-electron chi connectivity index (χ2n) is 26.3. The van der Waals surface area contributed by atoms with Crippen molar-refractivity contribution in [3.63, 3.8) is 0 Å². The molecule has 3 fully saturated rings. The van der Waals surface area contributed by atoms with Crippen LogP contribution >= 0.6 is 0 Å². The number of hydrogen-bond donors (Lipinski definition) is 2. The molecule has 5 heterocycles. The van der Waals surface area contributed by atoms with Crippen molar-refractivity contribution in [2.75, 3.05) is 137 Å². The summed E-state index contributed by atoms with van der Waals surface area (Å²) >= 11 is 0. The van der Waals surface area contributed by atoms with E-state index in [9.17, 15) is 48.6 Å². The molecule has 3 aromatic rings. The van der Waals surface area contributed by atoms with Gasteiger partial charge in [0.1, 0.15) is 18.0 Å². The molecule has 5 aliphatic heterocycles. The Balaban J connectivity index is 0.947. The lowest BCUT2D eigenvalue weighted by atomic mass is 9.91. The lowest BCUT2D eigenvalue weighted by Gasteiger charge is -2.42. The number of Topliss-reactive ketones (excluding diaryl/α,β-unsaturated/α-hetero) is 1. The van der Waals surface area contributed by atoms with Crippen molar-refractivity contribution in [1.29, 1.82) is 0 Å². The van der Waals surface area contributed by atoms with E-state index in [2.05, 4.69) is 13.2 Å². The molecule has 0 bridgehead atoms. The number of hydrogen-bond acceptors (Lipinski definition) is 27. The Labute approximate surface area is 604 Å². The molecule has 0 aromatic heterocycles. The summed E-state index contributed by atoms with van der Waals surface area (Å²) in [4.78, 5) is 115. The van der Waals surface area contributed by atoms with Crippen LogP contribution in [0.5, 0.6) is 28.7 Å². The number of unbranched alkanes of at least 4 members (excludes halogenated alkanes) is 2. The van der Waals surface area contributed by atoms with Gasteiger partial charge in [0.15, 0.2) is 59.5 Å². The minimum atomic E-state index is -1.67. The fraction of sp³-hybridized carbons (Fsp3) is 0.589. The third kappa shape index (κ3) is 21.1. The van der Waals surface area contributed by atoms with E-state index < -0.39 is 115 Å². The van der Waals surface area contributed by atoms with E-state index in [0.29, 0.717) is 77.7 Å². The van der Waals surface area contributed by atoms with Gasteiger partial charge in [-0.2, -0.15) is 0 Å². The van der Waals surface area contributed by atoms with Crippen molar-refractivity contribution in [2.24, 2.45) is 5.92 Å². The number of benzene rings is 3. The number of carbonyl (C=O) groups is 8. The largest absolute Gasteiger partial charge is 0.493 e. The molecule has 2 unspecified atom stereocenters. The number of anilines is 2. The molecule has 0 radical (unpaired) electrons. The van der Waals surface area contributed by atoms with Crippen LogP contribution in [0.2, 0.25) is 0 Å². The highest BCUT2D eigenvalue weighted by molar-refractivity contribution is 6.07. The summed E-state index contributed by atoms with van der Waals surface area (Å²) in [7, 11) is 5.51. The van der Waals surface area contributed by atoms with E-state index in [1.54, 1.807) is 34.8 Å². The zero-order chi connectivity index (χ0) is 75.4. The summed E-state index contributed by atoms with van der Waals surface area (Å²) < 4.78 is 96.9. The highest BCUT2D eigenvalue weighted by Crippen LogP contribution is 2.45. The van der Waals surface area contributed by atoms with Crippen LogP contribution in [0, 0.1) is 5.92 Å². The number of nitrogens with zero attached hydrogens (tertiary/aromatic N) is 4. The Morgan fingerprint density at radius 2 is 1.06 bits per heavy atom. The maximum absolute atomic E-state index is 14.8. The number of aliphatic hydroxyl groups is 2. The van der Waals surface area contributed by atoms with Crippen LogP contribution in [0.3, 0.4) is 0 Å². The van der Waals surface area contributed by atoms with Crippen molar-refractivity contribution < 1.29 is 129 Å². The van der Waals surface area contributed by atoms with Crippen molar-refractivity contribution in [1.82, 2.24) is 9.80 Å². The van der Waals surface area contributed by atoms with Gasteiger partial charge in [-0.1, -0.05) is 37.3 Å². The zero-order valence-electron chi connectivity index (χ0n) is 60.8. The number of esters is 3. The normalized spacial score (nSPS) is 21.4. The predicted molar refractivity (Wildman–Crippen MR) is 369 cm³/mol. The van der Waals surface area contributed by atoms with Crippen molar-refractivity contribution in [3.05, 3.63) is 89.0 Å². The number of fused-ring (bicyclic) bond motifs is 4. The molecule has 572 valence electrons. The third-order valence-corrected chi connectivity index (χ3v) is 17.4. The predicted octanol–water partition coefficient (Wildman–Crippen LogP) is 6.89. The first-order valence-electron chi connectivity index (χ1n) is 34.6. The van der Waals surface area contributed by atoms with E-state index in [4.69, 9.17) is 80.5 Å². The topological polar surface area (TPSA) is 347 Å². The van der Waals surface area contributed by atoms with Gasteiger partial charge in [0.2, 0.25) is 6.29 Å². The number of carbonyl (C=O) groups excluding carboxylic acids is 8. The molecule has 0 spiro atoms. The van der Waals surface area contributed by atoms with E-state index in [-0.39, 0.29) is 134 Å². The molecule has 31 heteroatoms. The van der Waals surface area contributed by atoms with Crippen LogP contribution in [0.1, 0.15) is 123 Å². The van der Waals surface area contributed by atoms with Crippen LogP contribution in [-0.4, -0.2) is 250 Å². The first-order chi connectivity index (χ1) is 49.8. The molecule has 31 nitrogen and oxygen atoms in total. The average molecular weight is 1460 g/mol. The van der Waals surface area contributed by atoms with Crippen LogP contribution in [0.25, 0.3) is 0 Å². The smallest absolute Gasteiger partial charge is 0.417 e. The molecule has 0 aliphatic carbocycles. The van der Waals surface area contributed by atoms with Crippen molar-refractivity contribution in [3.8, 4) is 28.7 Å². The first kappa shape index (κ1) is 81.0. The van der Waals surface area contributed by atoms with Crippen LogP contribution in [-0.2, 0) is 77.8 Å². The first-order valence-corrected chi connectivity index (χ1v) is 34.6. The van der Waals surface area contributed by atoms with Gasteiger partial charge in [-0.15, -0.1) is 0 Å². The zero-order valence-corrected chi connectivity index (χ0v) is 60.8. The summed E-state index contributed by atoms with van der Waals surface area (Å²) in [5, 5.41) is 24.0. The molecule has 3 saturated heterocycles. The van der Waals surface area contributed by atoms with Gasteiger partial charge >= 0.3 is 30.1 Å². The highest BCUT2D eigenvalue weighted by Gasteiger charge is 2.53. The monoisotopic (exact) mass is 1460 g/mol. The molecule has 8 rings (SSSR count). The molecule has 9 atom stereocenters. The second-order valence-corrected chi connectivity index (χ2v) is 26.3. The summed E-state index contributed by atoms with van der Waals surface area (Å²) in [6.07, 6.45) is -8.82. The summed E-state index contributed by atoms with van der Waals surface area (Å²) in [6, 6.07) is 8.46. The minimum Gasteiger partial charge on any atom is -0.493 e. The molecular weight excluding hydrogens is 1360 g/mol. The Morgan fingerprint density at radius 3 is 1.53 bits per heavy atom. The van der Waals surface area contributed by atoms with Gasteiger partial charge in [0, 0.05) is 59.2 Å². The number of amides is 4. The maximum Gasteiger partial charge on any atom is 0.417 e. The van der Waals surface area contributed by atoms with Gasteiger partial charge in [-0.05, 0) is 89.1 Å². The Morgan fingerprint density at radius 1 is 0.577 bits per heavy atom. The van der Waals surface area contributed by atoms with Crippen LogP contribution < -0.4 is 33.5 Å². The number of ketones is 1. The van der Waals surface area contributed by atoms with E-state index >= 15 is 0 Å². The van der Waals surface area contributed by atoms with Crippen LogP contribution in [0.15, 0.2) is 66.8 Å². The Bertz CT molecular complexity index is 3520. The summed E-state index contributed by atoms with van der Waals surface area (Å²) in [6.45, 7) is 21.0. The Kier molecular flexibility index (Phi) is 29.9. The van der Waals surface area contributed by atoms with Gasteiger partial charge in [0.05, 0.1) is 147 Å². The van der Waals surface area contributed by atoms with Gasteiger partial charge in [-0.3, -0.25) is 24.0 Å². The fourth-order valence-electron chi connectivity index (χ4n) is 12.4. The molecule has 5 aliphatic rings. The van der Waals surface area contributed by atoms with Gasteiger partial charge < -0.3 is 101 Å². The Hall–Kier alpha value is -8.66. The average Bonchev–Trinajstić information content (AvgIpc) is 1.59. The lowest BCUT2D eigenvalue weighted by Crippen LogP contribution is -2.60. The number of rotatable bonds is 37. The van der Waals surface area contributed by atoms with Gasteiger partial charge in [0.25, 0.3) is 11.8 Å². The number of aliphatic hydroxyl groups excluding tert-OH is 2. The second kappa shape index (κ2) is 38.4. The maximum atomic E-state index is 14.8. The molecule has 3 aromatic carbocycles. The summed E-state index contributed by atoms with van der Waals surface area (Å²) in [5.74, 6) is -4.22. The highest BCUT2D eigenvalue weighted by atomic mass is 16.7. The van der Waals surface area contributed by atoms with E-state index in [1.165, 1.54) is 66.5 Å². The molecule has 2 N–H and O–H groups in total. The quantitative estimate of drug-likeness (QED) is 0.0195. The van der Waals surface area contributed by atoms with Crippen molar-refractivity contribution >= 4 is 59.1 Å². The van der Waals surface area contributed by atoms with E-state index in [0.717, 1.165) is 36.3 Å². The summed E-state index contributed by atoms with van der Waals surface area (Å²) in [5.41, 5.74) is 0.800. The number of methoxy groups -OCH3 is 4.